The number of amides is 1. The van der Waals surface area contributed by atoms with E-state index in [9.17, 15) is 4.79 Å². The van der Waals surface area contributed by atoms with E-state index in [1.807, 2.05) is 36.9 Å². The molecule has 1 aliphatic rings. The zero-order valence-corrected chi connectivity index (χ0v) is 16.7. The summed E-state index contributed by atoms with van der Waals surface area (Å²) in [5, 5.41) is 6.59. The molecule has 1 aromatic rings. The van der Waals surface area contributed by atoms with Crippen LogP contribution >= 0.6 is 0 Å². The monoisotopic (exact) mass is 376 g/mol. The lowest BCUT2D eigenvalue weighted by Gasteiger charge is -2.16. The Bertz CT molecular complexity index is 634. The van der Waals surface area contributed by atoms with E-state index >= 15 is 0 Å². The maximum Gasteiger partial charge on any atom is 0.222 e. The summed E-state index contributed by atoms with van der Waals surface area (Å²) in [6.45, 7) is 8.41. The first-order valence-corrected chi connectivity index (χ1v) is 9.77. The van der Waals surface area contributed by atoms with E-state index in [2.05, 4.69) is 15.6 Å². The molecule has 0 bridgehead atoms. The topological polar surface area (TPSA) is 75.2 Å². The van der Waals surface area contributed by atoms with Crippen molar-refractivity contribution in [3.05, 3.63) is 23.8 Å². The minimum Gasteiger partial charge on any atom is -0.493 e. The van der Waals surface area contributed by atoms with Crippen molar-refractivity contribution in [2.24, 2.45) is 4.99 Å². The Morgan fingerprint density at radius 2 is 2.11 bits per heavy atom. The zero-order chi connectivity index (χ0) is 19.5. The number of carbonyl (C=O) groups excluding carboxylic acids is 1. The molecule has 0 atom stereocenters. The van der Waals surface area contributed by atoms with Gasteiger partial charge in [0, 0.05) is 32.6 Å². The fraction of sp³-hybridized carbons (Fsp3) is 0.600. The van der Waals surface area contributed by atoms with Gasteiger partial charge in [-0.05, 0) is 44.4 Å². The summed E-state index contributed by atoms with van der Waals surface area (Å²) in [5.74, 6) is 2.52. The molecule has 1 fully saturated rings. The van der Waals surface area contributed by atoms with E-state index in [-0.39, 0.29) is 5.91 Å². The number of rotatable bonds is 10. The van der Waals surface area contributed by atoms with Crippen molar-refractivity contribution >= 4 is 11.9 Å². The van der Waals surface area contributed by atoms with E-state index in [4.69, 9.17) is 9.47 Å². The quantitative estimate of drug-likeness (QED) is 0.372. The molecular formula is C20H32N4O3. The Morgan fingerprint density at radius 1 is 1.26 bits per heavy atom. The summed E-state index contributed by atoms with van der Waals surface area (Å²) in [6, 6.07) is 5.87. The molecule has 1 saturated heterocycles. The molecule has 0 unspecified atom stereocenters. The Morgan fingerprint density at radius 3 is 2.78 bits per heavy atom. The Hall–Kier alpha value is -2.44. The van der Waals surface area contributed by atoms with Gasteiger partial charge >= 0.3 is 0 Å². The van der Waals surface area contributed by atoms with E-state index in [0.29, 0.717) is 19.6 Å². The normalized spacial score (nSPS) is 14.4. The van der Waals surface area contributed by atoms with Crippen LogP contribution in [0.1, 0.15) is 38.7 Å². The minimum atomic E-state index is 0.278. The molecule has 0 spiro atoms. The maximum atomic E-state index is 11.6. The summed E-state index contributed by atoms with van der Waals surface area (Å²) in [6.07, 6.45) is 2.60. The van der Waals surface area contributed by atoms with Gasteiger partial charge in [0.15, 0.2) is 17.5 Å². The number of carbonyl (C=O) groups is 1. The third-order valence-corrected chi connectivity index (χ3v) is 4.36. The third-order valence-electron chi connectivity index (χ3n) is 4.36. The van der Waals surface area contributed by atoms with E-state index < -0.39 is 0 Å². The van der Waals surface area contributed by atoms with Crippen LogP contribution < -0.4 is 20.1 Å². The first-order chi connectivity index (χ1) is 13.2. The fourth-order valence-corrected chi connectivity index (χ4v) is 3.02. The van der Waals surface area contributed by atoms with Crippen LogP contribution in [-0.4, -0.2) is 56.7 Å². The Labute approximate surface area is 162 Å². The summed E-state index contributed by atoms with van der Waals surface area (Å²) < 4.78 is 10.9. The molecule has 150 valence electrons. The van der Waals surface area contributed by atoms with Gasteiger partial charge in [0.1, 0.15) is 0 Å². The van der Waals surface area contributed by atoms with Crippen molar-refractivity contribution in [3.63, 3.8) is 0 Å². The molecule has 0 aliphatic carbocycles. The summed E-state index contributed by atoms with van der Waals surface area (Å²) in [7, 11) is 1.64. The number of nitrogens with one attached hydrogen (secondary N) is 2. The summed E-state index contributed by atoms with van der Waals surface area (Å²) >= 11 is 0. The van der Waals surface area contributed by atoms with Crippen molar-refractivity contribution < 1.29 is 14.3 Å². The van der Waals surface area contributed by atoms with Crippen LogP contribution in [0.2, 0.25) is 0 Å². The standard InChI is InChI=1S/C20H32N4O3/c1-4-21-20(22-11-7-13-24-12-6-8-19(24)25)23-15-16-9-10-17(26-3)18(14-16)27-5-2/h9-10,14H,4-8,11-13,15H2,1-3H3,(H2,21,22,23). The average Bonchev–Trinajstić information content (AvgIpc) is 3.08. The van der Waals surface area contributed by atoms with Gasteiger partial charge in [-0.2, -0.15) is 0 Å². The largest absolute Gasteiger partial charge is 0.493 e. The van der Waals surface area contributed by atoms with Gasteiger partial charge < -0.3 is 25.0 Å². The van der Waals surface area contributed by atoms with Gasteiger partial charge in [0.05, 0.1) is 20.3 Å². The second kappa shape index (κ2) is 11.3. The fourth-order valence-electron chi connectivity index (χ4n) is 3.02. The molecule has 1 aromatic carbocycles. The Kier molecular flexibility index (Phi) is 8.74. The lowest BCUT2D eigenvalue weighted by molar-refractivity contribution is -0.127. The van der Waals surface area contributed by atoms with Gasteiger partial charge in [0.2, 0.25) is 5.91 Å². The first kappa shape index (κ1) is 20.9. The van der Waals surface area contributed by atoms with Crippen LogP contribution in [0.4, 0.5) is 0 Å². The predicted octanol–water partition coefficient (Wildman–Crippen LogP) is 2.16. The number of guanidine groups is 1. The molecule has 1 amide bonds. The average molecular weight is 377 g/mol. The van der Waals surface area contributed by atoms with E-state index in [1.165, 1.54) is 0 Å². The van der Waals surface area contributed by atoms with Crippen LogP contribution in [0.5, 0.6) is 11.5 Å². The molecule has 7 heteroatoms. The van der Waals surface area contributed by atoms with Crippen molar-refractivity contribution in [1.29, 1.82) is 0 Å². The van der Waals surface area contributed by atoms with Crippen molar-refractivity contribution in [2.75, 3.05) is 39.9 Å². The number of ether oxygens (including phenoxy) is 2. The highest BCUT2D eigenvalue weighted by molar-refractivity contribution is 5.80. The van der Waals surface area contributed by atoms with Crippen molar-refractivity contribution in [3.8, 4) is 11.5 Å². The lowest BCUT2D eigenvalue weighted by atomic mass is 10.2. The number of likely N-dealkylation sites (tertiary alicyclic amines) is 1. The Balaban J connectivity index is 1.86. The number of hydrogen-bond acceptors (Lipinski definition) is 4. The van der Waals surface area contributed by atoms with Crippen LogP contribution in [0.3, 0.4) is 0 Å². The number of benzene rings is 1. The highest BCUT2D eigenvalue weighted by atomic mass is 16.5. The van der Waals surface area contributed by atoms with E-state index in [1.54, 1.807) is 7.11 Å². The smallest absolute Gasteiger partial charge is 0.222 e. The van der Waals surface area contributed by atoms with Gasteiger partial charge in [-0.15, -0.1) is 0 Å². The van der Waals surface area contributed by atoms with Crippen molar-refractivity contribution in [1.82, 2.24) is 15.5 Å². The number of hydrogen-bond donors (Lipinski definition) is 2. The first-order valence-electron chi connectivity index (χ1n) is 9.77. The van der Waals surface area contributed by atoms with Gasteiger partial charge in [-0.25, -0.2) is 4.99 Å². The second-order valence-corrected chi connectivity index (χ2v) is 6.38. The molecular weight excluding hydrogens is 344 g/mol. The van der Waals surface area contributed by atoms with E-state index in [0.717, 1.165) is 62.0 Å². The highest BCUT2D eigenvalue weighted by Crippen LogP contribution is 2.28. The van der Waals surface area contributed by atoms with Gasteiger partial charge in [-0.3, -0.25) is 4.79 Å². The van der Waals surface area contributed by atoms with Crippen molar-refractivity contribution in [2.45, 2.75) is 39.7 Å². The molecule has 0 aromatic heterocycles. The molecule has 2 rings (SSSR count). The highest BCUT2D eigenvalue weighted by Gasteiger charge is 2.18. The molecule has 0 radical (unpaired) electrons. The maximum absolute atomic E-state index is 11.6. The number of methoxy groups -OCH3 is 1. The zero-order valence-electron chi connectivity index (χ0n) is 16.7. The molecule has 1 aliphatic heterocycles. The molecule has 27 heavy (non-hydrogen) atoms. The minimum absolute atomic E-state index is 0.278. The van der Waals surface area contributed by atoms with Gasteiger partial charge in [0.25, 0.3) is 0 Å². The molecule has 0 saturated carbocycles. The second-order valence-electron chi connectivity index (χ2n) is 6.38. The lowest BCUT2D eigenvalue weighted by Crippen LogP contribution is -2.39. The molecule has 1 heterocycles. The number of aliphatic imine (C=N–C) groups is 1. The number of nitrogens with zero attached hydrogens (tertiary/aromatic N) is 2. The summed E-state index contributed by atoms with van der Waals surface area (Å²) in [4.78, 5) is 18.2. The molecule has 2 N–H and O–H groups in total. The predicted molar refractivity (Wildman–Crippen MR) is 107 cm³/mol. The third kappa shape index (κ3) is 6.66. The van der Waals surface area contributed by atoms with Gasteiger partial charge in [-0.1, -0.05) is 6.07 Å². The molecule has 7 nitrogen and oxygen atoms in total. The summed E-state index contributed by atoms with van der Waals surface area (Å²) in [5.41, 5.74) is 1.05. The van der Waals surface area contributed by atoms with Crippen LogP contribution in [0.25, 0.3) is 0 Å². The van der Waals surface area contributed by atoms with Crippen LogP contribution in [-0.2, 0) is 11.3 Å². The van der Waals surface area contributed by atoms with Crippen LogP contribution in [0, 0.1) is 0 Å². The SMILES string of the molecule is CCNC(=NCc1ccc(OC)c(OCC)c1)NCCCN1CCCC1=O. The van der Waals surface area contributed by atoms with Crippen LogP contribution in [0.15, 0.2) is 23.2 Å².